The van der Waals surface area contributed by atoms with Crippen molar-refractivity contribution in [3.63, 3.8) is 0 Å². The summed E-state index contributed by atoms with van der Waals surface area (Å²) in [5.74, 6) is -1.31. The third-order valence-electron chi connectivity index (χ3n) is 2.18. The van der Waals surface area contributed by atoms with Crippen molar-refractivity contribution < 1.29 is 19.1 Å². The fourth-order valence-electron chi connectivity index (χ4n) is 1.39. The van der Waals surface area contributed by atoms with E-state index in [1.807, 2.05) is 0 Å². The molecule has 7 heteroatoms. The largest absolute Gasteiger partial charge is 0.476 e. The first-order valence-corrected chi connectivity index (χ1v) is 5.38. The molecule has 1 amide bonds. The molecule has 98 valence electrons. The third kappa shape index (κ3) is 3.32. The average molecular weight is 261 g/mol. The zero-order chi connectivity index (χ0) is 13.8. The normalized spacial score (nSPS) is 9.95. The Bertz CT molecular complexity index is 604. The molecule has 7 nitrogen and oxygen atoms in total. The van der Waals surface area contributed by atoms with Crippen molar-refractivity contribution in [2.24, 2.45) is 0 Å². The van der Waals surface area contributed by atoms with Crippen molar-refractivity contribution in [1.29, 1.82) is 0 Å². The van der Waals surface area contributed by atoms with E-state index in [2.05, 4.69) is 15.6 Å². The van der Waals surface area contributed by atoms with Crippen LogP contribution in [0, 0.1) is 0 Å². The van der Waals surface area contributed by atoms with Crippen molar-refractivity contribution in [3.05, 3.63) is 36.2 Å². The molecule has 0 radical (unpaired) electrons. The summed E-state index contributed by atoms with van der Waals surface area (Å²) in [6, 6.07) is 6.89. The Balaban J connectivity index is 2.06. The Kier molecular flexibility index (Phi) is 3.46. The van der Waals surface area contributed by atoms with Crippen LogP contribution in [0.15, 0.2) is 34.9 Å². The minimum absolute atomic E-state index is 0.0877. The molecule has 0 saturated heterocycles. The van der Waals surface area contributed by atoms with Gasteiger partial charge in [-0.2, -0.15) is 4.98 Å². The second-order valence-electron chi connectivity index (χ2n) is 3.73. The maximum absolute atomic E-state index is 10.8. The second-order valence-corrected chi connectivity index (χ2v) is 3.73. The number of aromatic carboxylic acids is 1. The summed E-state index contributed by atoms with van der Waals surface area (Å²) in [5, 5.41) is 14.1. The molecule has 0 aliphatic carbocycles. The summed E-state index contributed by atoms with van der Waals surface area (Å²) >= 11 is 0. The lowest BCUT2D eigenvalue weighted by Crippen LogP contribution is -2.05. The molecule has 0 spiro atoms. The highest BCUT2D eigenvalue weighted by Crippen LogP contribution is 2.18. The standard InChI is InChI=1S/C12H11N3O4/c1-7(16)13-8-2-4-9(5-3-8)14-12-15-10(6-19-12)11(17)18/h2-6H,1H3,(H,13,16)(H,14,15)(H,17,18). The number of oxazole rings is 1. The number of carboxylic acids is 1. The fourth-order valence-corrected chi connectivity index (χ4v) is 1.39. The van der Waals surface area contributed by atoms with Gasteiger partial charge < -0.3 is 20.2 Å². The molecule has 2 aromatic rings. The Morgan fingerprint density at radius 1 is 1.21 bits per heavy atom. The highest BCUT2D eigenvalue weighted by atomic mass is 16.4. The van der Waals surface area contributed by atoms with E-state index >= 15 is 0 Å². The molecule has 0 saturated carbocycles. The fraction of sp³-hybridized carbons (Fsp3) is 0.0833. The molecule has 0 unspecified atom stereocenters. The molecule has 0 atom stereocenters. The highest BCUT2D eigenvalue weighted by Gasteiger charge is 2.10. The van der Waals surface area contributed by atoms with Gasteiger partial charge in [0.2, 0.25) is 5.91 Å². The van der Waals surface area contributed by atoms with Crippen LogP contribution in [0.3, 0.4) is 0 Å². The van der Waals surface area contributed by atoms with E-state index in [9.17, 15) is 9.59 Å². The first-order chi connectivity index (χ1) is 9.04. The van der Waals surface area contributed by atoms with E-state index in [0.29, 0.717) is 11.4 Å². The van der Waals surface area contributed by atoms with Crippen molar-refractivity contribution in [1.82, 2.24) is 4.98 Å². The Morgan fingerprint density at radius 3 is 2.37 bits per heavy atom. The van der Waals surface area contributed by atoms with Gasteiger partial charge in [-0.25, -0.2) is 4.79 Å². The van der Waals surface area contributed by atoms with Gasteiger partial charge in [0.25, 0.3) is 6.01 Å². The van der Waals surface area contributed by atoms with Gasteiger partial charge >= 0.3 is 5.97 Å². The van der Waals surface area contributed by atoms with E-state index in [-0.39, 0.29) is 17.6 Å². The monoisotopic (exact) mass is 261 g/mol. The van der Waals surface area contributed by atoms with Crippen LogP contribution in [0.1, 0.15) is 17.4 Å². The molecule has 3 N–H and O–H groups in total. The number of carboxylic acid groups (broad SMARTS) is 1. The number of anilines is 3. The Morgan fingerprint density at radius 2 is 1.84 bits per heavy atom. The SMILES string of the molecule is CC(=O)Nc1ccc(Nc2nc(C(=O)O)co2)cc1. The molecular formula is C12H11N3O4. The van der Waals surface area contributed by atoms with Gasteiger partial charge in [-0.3, -0.25) is 4.79 Å². The van der Waals surface area contributed by atoms with E-state index in [1.165, 1.54) is 6.92 Å². The van der Waals surface area contributed by atoms with Gasteiger partial charge in [-0.1, -0.05) is 0 Å². The molecule has 1 heterocycles. The van der Waals surface area contributed by atoms with Crippen molar-refractivity contribution >= 4 is 29.3 Å². The molecule has 1 aromatic carbocycles. The number of benzene rings is 1. The van der Waals surface area contributed by atoms with Crippen molar-refractivity contribution in [2.75, 3.05) is 10.6 Å². The molecule has 2 rings (SSSR count). The number of amides is 1. The van der Waals surface area contributed by atoms with Gasteiger partial charge in [0.1, 0.15) is 6.26 Å². The molecule has 0 fully saturated rings. The van der Waals surface area contributed by atoms with E-state index in [4.69, 9.17) is 9.52 Å². The zero-order valence-corrected chi connectivity index (χ0v) is 10.0. The number of hydrogen-bond donors (Lipinski definition) is 3. The van der Waals surface area contributed by atoms with Crippen LogP contribution in [0.2, 0.25) is 0 Å². The van der Waals surface area contributed by atoms with Crippen LogP contribution in [0.5, 0.6) is 0 Å². The van der Waals surface area contributed by atoms with Crippen LogP contribution in [0.25, 0.3) is 0 Å². The Labute approximate surface area is 108 Å². The van der Waals surface area contributed by atoms with Gasteiger partial charge in [-0.05, 0) is 24.3 Å². The first-order valence-electron chi connectivity index (χ1n) is 5.38. The van der Waals surface area contributed by atoms with Crippen molar-refractivity contribution in [2.45, 2.75) is 6.92 Å². The van der Waals surface area contributed by atoms with Gasteiger partial charge in [-0.15, -0.1) is 0 Å². The van der Waals surface area contributed by atoms with Crippen LogP contribution in [-0.4, -0.2) is 22.0 Å². The Hall–Kier alpha value is -2.83. The second kappa shape index (κ2) is 5.21. The summed E-state index contributed by atoms with van der Waals surface area (Å²) in [5.41, 5.74) is 1.15. The maximum Gasteiger partial charge on any atom is 0.357 e. The zero-order valence-electron chi connectivity index (χ0n) is 10.0. The molecule has 19 heavy (non-hydrogen) atoms. The summed E-state index contributed by atoms with van der Waals surface area (Å²) in [4.78, 5) is 25.2. The number of aromatic nitrogens is 1. The topological polar surface area (TPSA) is 104 Å². The van der Waals surface area contributed by atoms with E-state index < -0.39 is 5.97 Å². The number of nitrogens with one attached hydrogen (secondary N) is 2. The molecule has 0 aliphatic heterocycles. The summed E-state index contributed by atoms with van der Waals surface area (Å²) < 4.78 is 4.95. The maximum atomic E-state index is 10.8. The highest BCUT2D eigenvalue weighted by molar-refractivity contribution is 5.89. The predicted octanol–water partition coefficient (Wildman–Crippen LogP) is 2.07. The summed E-state index contributed by atoms with van der Waals surface area (Å²) in [6.45, 7) is 1.42. The molecule has 0 bridgehead atoms. The number of rotatable bonds is 4. The minimum atomic E-state index is -1.15. The van der Waals surface area contributed by atoms with Gasteiger partial charge in [0, 0.05) is 18.3 Å². The van der Waals surface area contributed by atoms with Crippen LogP contribution >= 0.6 is 0 Å². The number of hydrogen-bond acceptors (Lipinski definition) is 5. The van der Waals surface area contributed by atoms with Gasteiger partial charge in [0.05, 0.1) is 0 Å². The van der Waals surface area contributed by atoms with Gasteiger partial charge in [0.15, 0.2) is 5.69 Å². The lowest BCUT2D eigenvalue weighted by Gasteiger charge is -2.04. The molecular weight excluding hydrogens is 250 g/mol. The lowest BCUT2D eigenvalue weighted by molar-refractivity contribution is -0.114. The minimum Gasteiger partial charge on any atom is -0.476 e. The summed E-state index contributed by atoms with van der Waals surface area (Å²) in [6.07, 6.45) is 1.05. The van der Waals surface area contributed by atoms with Crippen LogP contribution in [-0.2, 0) is 4.79 Å². The molecule has 1 aromatic heterocycles. The lowest BCUT2D eigenvalue weighted by atomic mass is 10.3. The quantitative estimate of drug-likeness (QED) is 0.778. The van der Waals surface area contributed by atoms with Crippen LogP contribution in [0.4, 0.5) is 17.4 Å². The third-order valence-corrected chi connectivity index (χ3v) is 2.18. The number of carbonyl (C=O) groups is 2. The van der Waals surface area contributed by atoms with Crippen molar-refractivity contribution in [3.8, 4) is 0 Å². The van der Waals surface area contributed by atoms with Crippen LogP contribution < -0.4 is 10.6 Å². The van der Waals surface area contributed by atoms with E-state index in [1.54, 1.807) is 24.3 Å². The van der Waals surface area contributed by atoms with E-state index in [0.717, 1.165) is 6.26 Å². The average Bonchev–Trinajstić information content (AvgIpc) is 2.80. The smallest absolute Gasteiger partial charge is 0.357 e. The number of nitrogens with zero attached hydrogens (tertiary/aromatic N) is 1. The first kappa shape index (κ1) is 12.6. The predicted molar refractivity (Wildman–Crippen MR) is 67.5 cm³/mol. The summed E-state index contributed by atoms with van der Waals surface area (Å²) in [7, 11) is 0. The molecule has 0 aliphatic rings. The number of carbonyl (C=O) groups excluding carboxylic acids is 1.